The van der Waals surface area contributed by atoms with Crippen LogP contribution in [0.3, 0.4) is 0 Å². The van der Waals surface area contributed by atoms with Crippen molar-refractivity contribution in [2.45, 2.75) is 36.9 Å². The van der Waals surface area contributed by atoms with Crippen molar-refractivity contribution in [3.8, 4) is 0 Å². The highest BCUT2D eigenvalue weighted by molar-refractivity contribution is 9.10. The molecule has 0 aliphatic rings. The van der Waals surface area contributed by atoms with Gasteiger partial charge in [-0.05, 0) is 72.2 Å². The van der Waals surface area contributed by atoms with Crippen molar-refractivity contribution < 1.29 is 0 Å². The molecule has 1 atom stereocenters. The summed E-state index contributed by atoms with van der Waals surface area (Å²) in [5.41, 5.74) is 8.95. The number of aromatic nitrogens is 2. The van der Waals surface area contributed by atoms with Gasteiger partial charge >= 0.3 is 0 Å². The lowest BCUT2D eigenvalue weighted by atomic mass is 10.1. The molecule has 3 nitrogen and oxygen atoms in total. The number of aryl methyl sites for hydroxylation is 2. The Balaban J connectivity index is 2.28. The summed E-state index contributed by atoms with van der Waals surface area (Å²) in [6.45, 7) is 5.93. The summed E-state index contributed by atoms with van der Waals surface area (Å²) in [6, 6.07) is 8.15. The summed E-state index contributed by atoms with van der Waals surface area (Å²) in [6.07, 6.45) is 0. The zero-order chi connectivity index (χ0) is 14.0. The van der Waals surface area contributed by atoms with Crippen LogP contribution in [0.4, 0.5) is 0 Å². The standard InChI is InChI=1S/C14H16BrN3S/c1-8-6-9(2)18-14(17-8)19-13-5-4-11(10(3)16)7-12(13)15/h4-7,10H,16H2,1-3H3. The first-order chi connectivity index (χ1) is 8.95. The molecule has 2 N–H and O–H groups in total. The molecule has 0 amide bonds. The first-order valence-corrected chi connectivity index (χ1v) is 7.62. The van der Waals surface area contributed by atoms with Crippen molar-refractivity contribution in [1.82, 2.24) is 9.97 Å². The molecule has 0 radical (unpaired) electrons. The fourth-order valence-electron chi connectivity index (χ4n) is 1.72. The lowest BCUT2D eigenvalue weighted by Gasteiger charge is -2.09. The minimum absolute atomic E-state index is 0.0350. The van der Waals surface area contributed by atoms with E-state index in [1.807, 2.05) is 32.9 Å². The van der Waals surface area contributed by atoms with E-state index in [0.717, 1.165) is 31.5 Å². The van der Waals surface area contributed by atoms with Crippen LogP contribution in [0, 0.1) is 13.8 Å². The van der Waals surface area contributed by atoms with Gasteiger partial charge in [-0.2, -0.15) is 0 Å². The lowest BCUT2D eigenvalue weighted by molar-refractivity contribution is 0.815. The second-order valence-electron chi connectivity index (χ2n) is 4.51. The van der Waals surface area contributed by atoms with Crippen LogP contribution in [-0.4, -0.2) is 9.97 Å². The van der Waals surface area contributed by atoms with Crippen LogP contribution in [-0.2, 0) is 0 Å². The topological polar surface area (TPSA) is 51.8 Å². The van der Waals surface area contributed by atoms with Gasteiger partial charge in [-0.3, -0.25) is 0 Å². The van der Waals surface area contributed by atoms with Crippen LogP contribution in [0.1, 0.15) is 29.9 Å². The molecule has 0 saturated carbocycles. The van der Waals surface area contributed by atoms with E-state index >= 15 is 0 Å². The molecule has 0 spiro atoms. The second-order valence-corrected chi connectivity index (χ2v) is 6.38. The van der Waals surface area contributed by atoms with Gasteiger partial charge < -0.3 is 5.73 Å². The molecule has 2 aromatic rings. The Hall–Kier alpha value is -0.910. The Bertz CT molecular complexity index is 579. The van der Waals surface area contributed by atoms with Crippen LogP contribution >= 0.6 is 27.7 Å². The van der Waals surface area contributed by atoms with E-state index in [0.29, 0.717) is 0 Å². The highest BCUT2D eigenvalue weighted by Crippen LogP contribution is 2.33. The molecule has 2 rings (SSSR count). The van der Waals surface area contributed by atoms with Crippen LogP contribution < -0.4 is 5.73 Å². The number of hydrogen-bond acceptors (Lipinski definition) is 4. The Kier molecular flexibility index (Phi) is 4.60. The molecule has 0 fully saturated rings. The number of nitrogens with zero attached hydrogens (tertiary/aromatic N) is 2. The van der Waals surface area contributed by atoms with Crippen LogP contribution in [0.25, 0.3) is 0 Å². The third-order valence-electron chi connectivity index (χ3n) is 2.64. The van der Waals surface area contributed by atoms with Crippen LogP contribution in [0.15, 0.2) is 38.8 Å². The third-order valence-corrected chi connectivity index (χ3v) is 4.50. The summed E-state index contributed by atoms with van der Waals surface area (Å²) < 4.78 is 1.02. The monoisotopic (exact) mass is 337 g/mol. The number of benzene rings is 1. The van der Waals surface area contributed by atoms with E-state index in [2.05, 4.69) is 38.0 Å². The fraction of sp³-hybridized carbons (Fsp3) is 0.286. The molecule has 0 aliphatic heterocycles. The van der Waals surface area contributed by atoms with Gasteiger partial charge in [0, 0.05) is 26.8 Å². The third kappa shape index (κ3) is 3.78. The minimum atomic E-state index is 0.0350. The Morgan fingerprint density at radius 2 is 1.79 bits per heavy atom. The van der Waals surface area contributed by atoms with Crippen LogP contribution in [0.5, 0.6) is 0 Å². The molecule has 19 heavy (non-hydrogen) atoms. The summed E-state index contributed by atoms with van der Waals surface area (Å²) in [5, 5.41) is 0.770. The molecule has 0 aliphatic carbocycles. The minimum Gasteiger partial charge on any atom is -0.324 e. The molecule has 1 heterocycles. The van der Waals surface area contributed by atoms with E-state index in [9.17, 15) is 0 Å². The largest absolute Gasteiger partial charge is 0.324 e. The first kappa shape index (κ1) is 14.5. The van der Waals surface area contributed by atoms with Gasteiger partial charge in [-0.1, -0.05) is 6.07 Å². The molecule has 0 bridgehead atoms. The predicted octanol–water partition coefficient (Wildman–Crippen LogP) is 4.03. The molecule has 1 unspecified atom stereocenters. The highest BCUT2D eigenvalue weighted by atomic mass is 79.9. The van der Waals surface area contributed by atoms with Gasteiger partial charge in [0.15, 0.2) is 5.16 Å². The van der Waals surface area contributed by atoms with Gasteiger partial charge in [0.25, 0.3) is 0 Å². The van der Waals surface area contributed by atoms with E-state index in [4.69, 9.17) is 5.73 Å². The summed E-state index contributed by atoms with van der Waals surface area (Å²) in [7, 11) is 0. The van der Waals surface area contributed by atoms with Gasteiger partial charge in [-0.15, -0.1) is 0 Å². The summed E-state index contributed by atoms with van der Waals surface area (Å²) >= 11 is 5.13. The summed E-state index contributed by atoms with van der Waals surface area (Å²) in [5.74, 6) is 0. The fourth-order valence-corrected chi connectivity index (χ4v) is 3.23. The number of hydrogen-bond donors (Lipinski definition) is 1. The van der Waals surface area contributed by atoms with Crippen molar-refractivity contribution in [2.24, 2.45) is 5.73 Å². The number of nitrogens with two attached hydrogens (primary N) is 1. The van der Waals surface area contributed by atoms with Crippen LogP contribution in [0.2, 0.25) is 0 Å². The Labute approximate surface area is 126 Å². The average Bonchev–Trinajstić information content (AvgIpc) is 2.30. The average molecular weight is 338 g/mol. The zero-order valence-corrected chi connectivity index (χ0v) is 13.5. The SMILES string of the molecule is Cc1cc(C)nc(Sc2ccc(C(C)N)cc2Br)n1. The maximum atomic E-state index is 5.87. The predicted molar refractivity (Wildman–Crippen MR) is 82.4 cm³/mol. The summed E-state index contributed by atoms with van der Waals surface area (Å²) in [4.78, 5) is 9.96. The molecule has 100 valence electrons. The van der Waals surface area contributed by atoms with Crippen molar-refractivity contribution >= 4 is 27.7 Å². The molecule has 5 heteroatoms. The van der Waals surface area contributed by atoms with Gasteiger partial charge in [-0.25, -0.2) is 9.97 Å². The molecular weight excluding hydrogens is 322 g/mol. The highest BCUT2D eigenvalue weighted by Gasteiger charge is 2.08. The molecule has 1 aromatic heterocycles. The first-order valence-electron chi connectivity index (χ1n) is 6.01. The van der Waals surface area contributed by atoms with Crippen molar-refractivity contribution in [2.75, 3.05) is 0 Å². The van der Waals surface area contributed by atoms with Gasteiger partial charge in [0.1, 0.15) is 0 Å². The van der Waals surface area contributed by atoms with Crippen molar-refractivity contribution in [1.29, 1.82) is 0 Å². The van der Waals surface area contributed by atoms with Gasteiger partial charge in [0.2, 0.25) is 0 Å². The Morgan fingerprint density at radius 1 is 1.16 bits per heavy atom. The van der Waals surface area contributed by atoms with Crippen molar-refractivity contribution in [3.63, 3.8) is 0 Å². The smallest absolute Gasteiger partial charge is 0.192 e. The van der Waals surface area contributed by atoms with Crippen molar-refractivity contribution in [3.05, 3.63) is 45.7 Å². The molecular formula is C14H16BrN3S. The number of halogens is 1. The van der Waals surface area contributed by atoms with E-state index in [1.165, 1.54) is 0 Å². The van der Waals surface area contributed by atoms with E-state index in [1.54, 1.807) is 11.8 Å². The molecule has 1 aromatic carbocycles. The maximum Gasteiger partial charge on any atom is 0.192 e. The quantitative estimate of drug-likeness (QED) is 0.859. The van der Waals surface area contributed by atoms with Gasteiger partial charge in [0.05, 0.1) is 0 Å². The maximum absolute atomic E-state index is 5.87. The second kappa shape index (κ2) is 6.03. The lowest BCUT2D eigenvalue weighted by Crippen LogP contribution is -2.04. The normalized spacial score (nSPS) is 12.5. The van der Waals surface area contributed by atoms with E-state index < -0.39 is 0 Å². The number of rotatable bonds is 3. The molecule has 0 saturated heterocycles. The zero-order valence-electron chi connectivity index (χ0n) is 11.1. The Morgan fingerprint density at radius 3 is 2.32 bits per heavy atom. The van der Waals surface area contributed by atoms with E-state index in [-0.39, 0.29) is 6.04 Å².